The predicted molar refractivity (Wildman–Crippen MR) is 82.9 cm³/mol. The number of benzene rings is 1. The van der Waals surface area contributed by atoms with Gasteiger partial charge in [-0.3, -0.25) is 4.79 Å². The second kappa shape index (κ2) is 6.11. The molecule has 0 aliphatic carbocycles. The summed E-state index contributed by atoms with van der Waals surface area (Å²) >= 11 is 12.2. The zero-order valence-corrected chi connectivity index (χ0v) is 12.5. The molecule has 6 heteroatoms. The summed E-state index contributed by atoms with van der Waals surface area (Å²) in [5.74, 6) is 0.378. The van der Waals surface area contributed by atoms with Crippen LogP contribution in [0, 0.1) is 6.92 Å². The van der Waals surface area contributed by atoms with Crippen LogP contribution in [0.1, 0.15) is 15.9 Å². The molecule has 0 radical (unpaired) electrons. The molecule has 0 saturated heterocycles. The van der Waals surface area contributed by atoms with Gasteiger partial charge in [0.25, 0.3) is 5.91 Å². The Morgan fingerprint density at radius 2 is 1.95 bits per heavy atom. The van der Waals surface area contributed by atoms with Gasteiger partial charge in [-0.1, -0.05) is 29.3 Å². The highest BCUT2D eigenvalue weighted by atomic mass is 35.5. The van der Waals surface area contributed by atoms with Crippen LogP contribution in [-0.2, 0) is 0 Å². The Bertz CT molecular complexity index is 642. The molecule has 1 aromatic heterocycles. The summed E-state index contributed by atoms with van der Waals surface area (Å²) in [6.07, 6.45) is 1.48. The van der Waals surface area contributed by atoms with Crippen LogP contribution in [0.3, 0.4) is 0 Å². The number of aryl methyl sites for hydroxylation is 1. The van der Waals surface area contributed by atoms with E-state index < -0.39 is 0 Å². The quantitative estimate of drug-likeness (QED) is 0.901. The van der Waals surface area contributed by atoms with Crippen LogP contribution < -0.4 is 10.6 Å². The minimum absolute atomic E-state index is 0.311. The third-order valence-corrected chi connectivity index (χ3v) is 3.61. The Morgan fingerprint density at radius 3 is 2.55 bits per heavy atom. The topological polar surface area (TPSA) is 54.0 Å². The van der Waals surface area contributed by atoms with E-state index >= 15 is 0 Å². The Morgan fingerprint density at radius 1 is 1.20 bits per heavy atom. The molecular formula is C14H13Cl2N3O. The normalized spacial score (nSPS) is 10.2. The van der Waals surface area contributed by atoms with Crippen molar-refractivity contribution in [3.63, 3.8) is 0 Å². The van der Waals surface area contributed by atoms with Gasteiger partial charge in [0.15, 0.2) is 0 Å². The summed E-state index contributed by atoms with van der Waals surface area (Å²) < 4.78 is 0. The van der Waals surface area contributed by atoms with Gasteiger partial charge >= 0.3 is 0 Å². The molecule has 2 aromatic rings. The monoisotopic (exact) mass is 309 g/mol. The smallest absolute Gasteiger partial charge is 0.257 e. The molecule has 20 heavy (non-hydrogen) atoms. The maximum atomic E-state index is 12.1. The van der Waals surface area contributed by atoms with Gasteiger partial charge in [-0.25, -0.2) is 4.98 Å². The van der Waals surface area contributed by atoms with Crippen molar-refractivity contribution in [2.24, 2.45) is 0 Å². The van der Waals surface area contributed by atoms with Gasteiger partial charge in [0.2, 0.25) is 0 Å². The molecule has 104 valence electrons. The number of hydrogen-bond acceptors (Lipinski definition) is 3. The number of carbonyl (C=O) groups is 1. The molecule has 0 aliphatic heterocycles. The average molecular weight is 310 g/mol. The third kappa shape index (κ3) is 3.03. The van der Waals surface area contributed by atoms with Crippen molar-refractivity contribution in [3.05, 3.63) is 51.6 Å². The first-order chi connectivity index (χ1) is 9.52. The molecule has 0 saturated carbocycles. The van der Waals surface area contributed by atoms with E-state index in [1.54, 1.807) is 31.3 Å². The van der Waals surface area contributed by atoms with Crippen molar-refractivity contribution in [3.8, 4) is 0 Å². The maximum Gasteiger partial charge on any atom is 0.257 e. The second-order valence-corrected chi connectivity index (χ2v) is 4.97. The van der Waals surface area contributed by atoms with E-state index in [4.69, 9.17) is 23.2 Å². The lowest BCUT2D eigenvalue weighted by Gasteiger charge is -2.11. The van der Waals surface area contributed by atoms with Crippen LogP contribution in [0.15, 0.2) is 30.5 Å². The van der Waals surface area contributed by atoms with E-state index in [1.165, 1.54) is 6.20 Å². The number of anilines is 2. The number of rotatable bonds is 3. The number of nitrogens with one attached hydrogen (secondary N) is 2. The van der Waals surface area contributed by atoms with Crippen LogP contribution in [0.25, 0.3) is 0 Å². The van der Waals surface area contributed by atoms with Crippen LogP contribution in [0.2, 0.25) is 10.0 Å². The van der Waals surface area contributed by atoms with E-state index in [0.717, 1.165) is 5.56 Å². The van der Waals surface area contributed by atoms with Crippen LogP contribution in [0.4, 0.5) is 11.5 Å². The van der Waals surface area contributed by atoms with Gasteiger partial charge in [-0.15, -0.1) is 0 Å². The van der Waals surface area contributed by atoms with E-state index in [1.807, 2.05) is 6.92 Å². The Balaban J connectivity index is 2.25. The number of pyridine rings is 1. The van der Waals surface area contributed by atoms with Gasteiger partial charge in [0.05, 0.1) is 21.3 Å². The molecule has 0 spiro atoms. The van der Waals surface area contributed by atoms with Crippen molar-refractivity contribution in [1.29, 1.82) is 0 Å². The molecule has 0 aliphatic rings. The van der Waals surface area contributed by atoms with E-state index in [0.29, 0.717) is 27.1 Å². The summed E-state index contributed by atoms with van der Waals surface area (Å²) in [5, 5.41) is 6.43. The van der Waals surface area contributed by atoms with Gasteiger partial charge in [-0.05, 0) is 30.7 Å². The highest BCUT2D eigenvalue weighted by Gasteiger charge is 2.13. The third-order valence-electron chi connectivity index (χ3n) is 2.80. The van der Waals surface area contributed by atoms with Gasteiger partial charge < -0.3 is 10.6 Å². The fourth-order valence-corrected chi connectivity index (χ4v) is 2.10. The predicted octanol–water partition coefficient (Wildman–Crippen LogP) is 3.99. The number of amides is 1. The lowest BCUT2D eigenvalue weighted by atomic mass is 10.2. The van der Waals surface area contributed by atoms with Crippen molar-refractivity contribution < 1.29 is 4.79 Å². The molecule has 1 aromatic carbocycles. The SMILES string of the molecule is CNc1ccc(C(=O)Nc2c(Cl)ccc(C)c2Cl)cn1. The Labute approximate surface area is 127 Å². The fourth-order valence-electron chi connectivity index (χ4n) is 1.63. The molecular weight excluding hydrogens is 297 g/mol. The lowest BCUT2D eigenvalue weighted by molar-refractivity contribution is 0.102. The van der Waals surface area contributed by atoms with E-state index in [-0.39, 0.29) is 5.91 Å². The molecule has 2 rings (SSSR count). The number of carbonyl (C=O) groups excluding carboxylic acids is 1. The van der Waals surface area contributed by atoms with E-state index in [2.05, 4.69) is 15.6 Å². The molecule has 0 unspecified atom stereocenters. The number of aromatic nitrogens is 1. The highest BCUT2D eigenvalue weighted by molar-refractivity contribution is 6.40. The molecule has 0 bridgehead atoms. The zero-order chi connectivity index (χ0) is 14.7. The average Bonchev–Trinajstić information content (AvgIpc) is 2.47. The maximum absolute atomic E-state index is 12.1. The molecule has 1 amide bonds. The van der Waals surface area contributed by atoms with Crippen molar-refractivity contribution in [2.45, 2.75) is 6.92 Å². The summed E-state index contributed by atoms with van der Waals surface area (Å²) in [6.45, 7) is 1.84. The minimum atomic E-state index is -0.311. The molecule has 1 heterocycles. The van der Waals surface area contributed by atoms with Crippen molar-refractivity contribution >= 4 is 40.6 Å². The van der Waals surface area contributed by atoms with Crippen molar-refractivity contribution in [2.75, 3.05) is 17.7 Å². The highest BCUT2D eigenvalue weighted by Crippen LogP contribution is 2.33. The number of halogens is 2. The number of hydrogen-bond donors (Lipinski definition) is 2. The number of nitrogens with zero attached hydrogens (tertiary/aromatic N) is 1. The minimum Gasteiger partial charge on any atom is -0.373 e. The summed E-state index contributed by atoms with van der Waals surface area (Å²) in [5.41, 5.74) is 1.68. The van der Waals surface area contributed by atoms with Crippen molar-refractivity contribution in [1.82, 2.24) is 4.98 Å². The van der Waals surface area contributed by atoms with Crippen LogP contribution in [0.5, 0.6) is 0 Å². The standard InChI is InChI=1S/C14H13Cl2N3O/c1-8-3-5-10(15)13(12(8)16)19-14(20)9-4-6-11(17-2)18-7-9/h3-7H,1-2H3,(H,17,18)(H,19,20). The van der Waals surface area contributed by atoms with Crippen LogP contribution >= 0.6 is 23.2 Å². The fraction of sp³-hybridized carbons (Fsp3) is 0.143. The second-order valence-electron chi connectivity index (χ2n) is 4.19. The molecule has 4 nitrogen and oxygen atoms in total. The zero-order valence-electron chi connectivity index (χ0n) is 11.0. The Hall–Kier alpha value is -1.78. The summed E-state index contributed by atoms with van der Waals surface area (Å²) in [6, 6.07) is 6.88. The first kappa shape index (κ1) is 14.6. The van der Waals surface area contributed by atoms with Crippen LogP contribution in [-0.4, -0.2) is 17.9 Å². The lowest BCUT2D eigenvalue weighted by Crippen LogP contribution is -2.13. The van der Waals surface area contributed by atoms with Gasteiger partial charge in [0, 0.05) is 13.2 Å². The Kier molecular flexibility index (Phi) is 4.47. The largest absolute Gasteiger partial charge is 0.373 e. The van der Waals surface area contributed by atoms with E-state index in [9.17, 15) is 4.79 Å². The molecule has 0 fully saturated rings. The molecule has 0 atom stereocenters. The molecule has 2 N–H and O–H groups in total. The first-order valence-corrected chi connectivity index (χ1v) is 6.68. The summed E-state index contributed by atoms with van der Waals surface area (Å²) in [4.78, 5) is 16.2. The first-order valence-electron chi connectivity index (χ1n) is 5.92. The van der Waals surface area contributed by atoms with Gasteiger partial charge in [0.1, 0.15) is 5.82 Å². The summed E-state index contributed by atoms with van der Waals surface area (Å²) in [7, 11) is 1.76. The van der Waals surface area contributed by atoms with Gasteiger partial charge in [-0.2, -0.15) is 0 Å².